The van der Waals surface area contributed by atoms with Crippen molar-refractivity contribution in [2.75, 3.05) is 6.54 Å². The second-order valence-corrected chi connectivity index (χ2v) is 7.29. The highest BCUT2D eigenvalue weighted by molar-refractivity contribution is 7.17. The van der Waals surface area contributed by atoms with Crippen molar-refractivity contribution >= 4 is 40.7 Å². The molecule has 25 heavy (non-hydrogen) atoms. The second kappa shape index (κ2) is 7.25. The molecule has 2 amide bonds. The summed E-state index contributed by atoms with van der Waals surface area (Å²) in [7, 11) is 0. The molecule has 0 aliphatic carbocycles. The molecule has 6 nitrogen and oxygen atoms in total. The Morgan fingerprint density at radius 1 is 1.16 bits per heavy atom. The summed E-state index contributed by atoms with van der Waals surface area (Å²) in [5.74, 6) is -0.978. The number of nitrogens with two attached hydrogens (primary N) is 1. The Morgan fingerprint density at radius 2 is 1.88 bits per heavy atom. The highest BCUT2D eigenvalue weighted by Gasteiger charge is 2.36. The van der Waals surface area contributed by atoms with Gasteiger partial charge in [0.15, 0.2) is 0 Å². The van der Waals surface area contributed by atoms with Gasteiger partial charge in [0, 0.05) is 12.1 Å². The summed E-state index contributed by atoms with van der Waals surface area (Å²) in [5, 5.41) is 0. The Labute approximate surface area is 153 Å². The van der Waals surface area contributed by atoms with Crippen LogP contribution < -0.4 is 10.5 Å². The topological polar surface area (TPSA) is 89.7 Å². The number of halogens is 1. The van der Waals surface area contributed by atoms with E-state index < -0.39 is 17.9 Å². The summed E-state index contributed by atoms with van der Waals surface area (Å²) >= 11 is 7.06. The first-order valence-corrected chi connectivity index (χ1v) is 8.83. The number of amides is 2. The van der Waals surface area contributed by atoms with E-state index in [1.54, 1.807) is 12.1 Å². The third kappa shape index (κ3) is 3.83. The summed E-state index contributed by atoms with van der Waals surface area (Å²) in [4.78, 5) is 38.1. The highest BCUT2D eigenvalue weighted by Crippen LogP contribution is 2.27. The quantitative estimate of drug-likeness (QED) is 0.654. The van der Waals surface area contributed by atoms with Crippen molar-refractivity contribution in [3.8, 4) is 5.75 Å². The number of hydrogen-bond donors (Lipinski definition) is 1. The van der Waals surface area contributed by atoms with Gasteiger partial charge >= 0.3 is 5.97 Å². The number of esters is 1. The van der Waals surface area contributed by atoms with Gasteiger partial charge < -0.3 is 15.4 Å². The maximum absolute atomic E-state index is 12.6. The molecule has 0 saturated carbocycles. The molecule has 2 aromatic rings. The first-order valence-electron chi connectivity index (χ1n) is 7.63. The minimum atomic E-state index is -0.635. The van der Waals surface area contributed by atoms with E-state index in [1.165, 1.54) is 40.5 Å². The number of rotatable bonds is 4. The van der Waals surface area contributed by atoms with Crippen molar-refractivity contribution in [2.45, 2.75) is 18.9 Å². The van der Waals surface area contributed by atoms with Gasteiger partial charge in [-0.25, -0.2) is 4.79 Å². The van der Waals surface area contributed by atoms with Gasteiger partial charge in [0.2, 0.25) is 5.91 Å². The molecule has 1 atom stereocenters. The standard InChI is InChI=1S/C17H15ClN2O4S/c18-14-8-7-13(25-14)16(22)20-9-1-2-12(20)17(23)24-11-5-3-10(4-6-11)15(19)21/h3-8,12H,1-2,9H2,(H2,19,21). The van der Waals surface area contributed by atoms with Crippen LogP contribution in [0.1, 0.15) is 32.9 Å². The van der Waals surface area contributed by atoms with E-state index in [4.69, 9.17) is 22.1 Å². The summed E-state index contributed by atoms with van der Waals surface area (Å²) in [5.41, 5.74) is 5.50. The molecule has 0 spiro atoms. The first-order chi connectivity index (χ1) is 12.0. The molecule has 2 N–H and O–H groups in total. The SMILES string of the molecule is NC(=O)c1ccc(OC(=O)C2CCCN2C(=O)c2ccc(Cl)s2)cc1. The fourth-order valence-corrected chi connectivity index (χ4v) is 3.70. The Hall–Kier alpha value is -2.38. The van der Waals surface area contributed by atoms with E-state index in [9.17, 15) is 14.4 Å². The third-order valence-corrected chi connectivity index (χ3v) is 5.15. The fraction of sp³-hybridized carbons (Fsp3) is 0.235. The zero-order chi connectivity index (χ0) is 18.0. The average molecular weight is 379 g/mol. The molecule has 1 aromatic heterocycles. The molecular weight excluding hydrogens is 364 g/mol. The van der Waals surface area contributed by atoms with Crippen molar-refractivity contribution in [2.24, 2.45) is 5.73 Å². The Bertz CT molecular complexity index is 818. The highest BCUT2D eigenvalue weighted by atomic mass is 35.5. The molecule has 1 fully saturated rings. The van der Waals surface area contributed by atoms with Crippen LogP contribution in [-0.2, 0) is 4.79 Å². The van der Waals surface area contributed by atoms with Crippen LogP contribution in [-0.4, -0.2) is 35.3 Å². The van der Waals surface area contributed by atoms with Crippen LogP contribution in [0.2, 0.25) is 4.34 Å². The first kappa shape index (κ1) is 17.4. The smallest absolute Gasteiger partial charge is 0.334 e. The maximum atomic E-state index is 12.6. The Kier molecular flexibility index (Phi) is 5.06. The van der Waals surface area contributed by atoms with Gasteiger partial charge in [-0.05, 0) is 49.2 Å². The normalized spacial score (nSPS) is 16.7. The van der Waals surface area contributed by atoms with Crippen LogP contribution in [0.4, 0.5) is 0 Å². The average Bonchev–Trinajstić information content (AvgIpc) is 3.23. The van der Waals surface area contributed by atoms with Gasteiger partial charge in [-0.15, -0.1) is 11.3 Å². The molecule has 0 radical (unpaired) electrons. The van der Waals surface area contributed by atoms with Gasteiger partial charge in [-0.2, -0.15) is 0 Å². The molecule has 1 aromatic carbocycles. The summed E-state index contributed by atoms with van der Waals surface area (Å²) in [6, 6.07) is 8.63. The lowest BCUT2D eigenvalue weighted by molar-refractivity contribution is -0.138. The Balaban J connectivity index is 1.70. The maximum Gasteiger partial charge on any atom is 0.334 e. The lowest BCUT2D eigenvalue weighted by atomic mass is 10.2. The van der Waals surface area contributed by atoms with Gasteiger partial charge in [0.05, 0.1) is 9.21 Å². The van der Waals surface area contributed by atoms with E-state index in [1.807, 2.05) is 0 Å². The molecule has 3 rings (SSSR count). The predicted octanol–water partition coefficient (Wildman–Crippen LogP) is 2.71. The number of nitrogens with zero attached hydrogens (tertiary/aromatic N) is 1. The molecule has 1 saturated heterocycles. The van der Waals surface area contributed by atoms with Crippen LogP contribution in [0.25, 0.3) is 0 Å². The minimum absolute atomic E-state index is 0.222. The van der Waals surface area contributed by atoms with Crippen LogP contribution in [0.3, 0.4) is 0 Å². The van der Waals surface area contributed by atoms with E-state index in [-0.39, 0.29) is 5.91 Å². The lowest BCUT2D eigenvalue weighted by Gasteiger charge is -2.22. The van der Waals surface area contributed by atoms with E-state index in [2.05, 4.69) is 0 Å². The van der Waals surface area contributed by atoms with Crippen molar-refractivity contribution in [1.29, 1.82) is 0 Å². The molecule has 1 aliphatic heterocycles. The number of primary amides is 1. The monoisotopic (exact) mass is 378 g/mol. The number of ether oxygens (including phenoxy) is 1. The molecule has 130 valence electrons. The molecule has 1 aliphatic rings. The van der Waals surface area contributed by atoms with Crippen LogP contribution in [0, 0.1) is 0 Å². The van der Waals surface area contributed by atoms with Crippen LogP contribution in [0.5, 0.6) is 5.75 Å². The number of carbonyl (C=O) groups excluding carboxylic acids is 3. The van der Waals surface area contributed by atoms with E-state index in [0.29, 0.717) is 33.5 Å². The van der Waals surface area contributed by atoms with E-state index >= 15 is 0 Å². The molecular formula is C17H15ClN2O4S. The molecule has 8 heteroatoms. The van der Waals surface area contributed by atoms with Gasteiger partial charge in [0.25, 0.3) is 5.91 Å². The van der Waals surface area contributed by atoms with Gasteiger partial charge in [-0.3, -0.25) is 9.59 Å². The number of thiophene rings is 1. The third-order valence-electron chi connectivity index (χ3n) is 3.93. The number of benzene rings is 1. The molecule has 2 heterocycles. The van der Waals surface area contributed by atoms with Crippen LogP contribution >= 0.6 is 22.9 Å². The number of carbonyl (C=O) groups is 3. The molecule has 1 unspecified atom stereocenters. The second-order valence-electron chi connectivity index (χ2n) is 5.57. The minimum Gasteiger partial charge on any atom is -0.425 e. The van der Waals surface area contributed by atoms with Crippen molar-refractivity contribution < 1.29 is 19.1 Å². The zero-order valence-electron chi connectivity index (χ0n) is 13.1. The largest absolute Gasteiger partial charge is 0.425 e. The predicted molar refractivity (Wildman–Crippen MR) is 94.0 cm³/mol. The molecule has 0 bridgehead atoms. The summed E-state index contributed by atoms with van der Waals surface area (Å²) in [6.07, 6.45) is 1.27. The summed E-state index contributed by atoms with van der Waals surface area (Å²) < 4.78 is 5.87. The lowest BCUT2D eigenvalue weighted by Crippen LogP contribution is -2.42. The van der Waals surface area contributed by atoms with Crippen molar-refractivity contribution in [1.82, 2.24) is 4.90 Å². The van der Waals surface area contributed by atoms with E-state index in [0.717, 1.165) is 6.42 Å². The van der Waals surface area contributed by atoms with Crippen molar-refractivity contribution in [3.05, 3.63) is 51.2 Å². The Morgan fingerprint density at radius 3 is 2.48 bits per heavy atom. The number of hydrogen-bond acceptors (Lipinski definition) is 5. The fourth-order valence-electron chi connectivity index (χ4n) is 2.70. The van der Waals surface area contributed by atoms with Gasteiger partial charge in [0.1, 0.15) is 11.8 Å². The number of likely N-dealkylation sites (tertiary alicyclic amines) is 1. The van der Waals surface area contributed by atoms with Crippen LogP contribution in [0.15, 0.2) is 36.4 Å². The van der Waals surface area contributed by atoms with Crippen molar-refractivity contribution in [3.63, 3.8) is 0 Å². The van der Waals surface area contributed by atoms with Gasteiger partial charge in [-0.1, -0.05) is 11.6 Å². The summed E-state index contributed by atoms with van der Waals surface area (Å²) in [6.45, 7) is 0.495. The zero-order valence-corrected chi connectivity index (χ0v) is 14.7.